The molecule has 22 heavy (non-hydrogen) atoms. The van der Waals surface area contributed by atoms with Crippen molar-refractivity contribution >= 4 is 23.5 Å². The zero-order valence-corrected chi connectivity index (χ0v) is 13.9. The molecule has 2 heterocycles. The Bertz CT molecular complexity index is 758. The quantitative estimate of drug-likeness (QED) is 0.528. The third-order valence-corrected chi connectivity index (χ3v) is 4.39. The van der Waals surface area contributed by atoms with E-state index in [0.717, 1.165) is 27.6 Å². The third-order valence-electron chi connectivity index (χ3n) is 2.92. The maximum Gasteiger partial charge on any atom is 0.209 e. The van der Waals surface area contributed by atoms with E-state index in [1.165, 1.54) is 17.3 Å². The van der Waals surface area contributed by atoms with Crippen LogP contribution in [-0.2, 0) is 5.75 Å². The molecular weight excluding hydrogens is 314 g/mol. The fourth-order valence-corrected chi connectivity index (χ4v) is 3.06. The lowest BCUT2D eigenvalue weighted by Gasteiger charge is -2.03. The number of nitrogens with zero attached hydrogens (tertiary/aromatic N) is 5. The first-order valence-electron chi connectivity index (χ1n) is 6.73. The van der Waals surface area contributed by atoms with Crippen LogP contribution in [0.15, 0.2) is 53.0 Å². The molecule has 3 aromatic rings. The second kappa shape index (κ2) is 6.93. The minimum atomic E-state index is 0.740. The first-order valence-corrected chi connectivity index (χ1v) is 8.94. The largest absolute Gasteiger partial charge is 0.228 e. The van der Waals surface area contributed by atoms with E-state index >= 15 is 0 Å². The van der Waals surface area contributed by atoms with Crippen molar-refractivity contribution in [2.24, 2.45) is 0 Å². The molecule has 7 heteroatoms. The van der Waals surface area contributed by atoms with Crippen molar-refractivity contribution < 1.29 is 0 Å². The van der Waals surface area contributed by atoms with Crippen molar-refractivity contribution in [3.63, 3.8) is 0 Å². The van der Waals surface area contributed by atoms with Crippen LogP contribution in [0.3, 0.4) is 0 Å². The summed E-state index contributed by atoms with van der Waals surface area (Å²) in [5.41, 5.74) is 2.18. The Balaban J connectivity index is 1.75. The van der Waals surface area contributed by atoms with Crippen LogP contribution in [0.2, 0.25) is 0 Å². The van der Waals surface area contributed by atoms with Crippen LogP contribution >= 0.6 is 23.5 Å². The average Bonchev–Trinajstić information content (AvgIpc) is 3.02. The fraction of sp³-hybridized carbons (Fsp3) is 0.200. The highest BCUT2D eigenvalue weighted by Crippen LogP contribution is 2.20. The first-order chi connectivity index (χ1) is 10.7. The lowest BCUT2D eigenvalue weighted by Crippen LogP contribution is -2.02. The monoisotopic (exact) mass is 329 g/mol. The van der Waals surface area contributed by atoms with Gasteiger partial charge in [0.15, 0.2) is 11.0 Å². The Labute approximate surface area is 137 Å². The SMILES string of the molecule is CSc1nc(C)cc(-n2cnc(SCc3ccccc3)n2)n1. The van der Waals surface area contributed by atoms with Crippen LogP contribution in [0.25, 0.3) is 5.82 Å². The molecular formula is C15H15N5S2. The molecule has 1 aromatic carbocycles. The Morgan fingerprint density at radius 2 is 1.91 bits per heavy atom. The summed E-state index contributed by atoms with van der Waals surface area (Å²) in [7, 11) is 0. The van der Waals surface area contributed by atoms with Crippen molar-refractivity contribution in [2.45, 2.75) is 23.0 Å². The molecule has 0 saturated carbocycles. The van der Waals surface area contributed by atoms with Crippen molar-refractivity contribution in [2.75, 3.05) is 6.26 Å². The molecule has 0 aliphatic rings. The minimum Gasteiger partial charge on any atom is -0.228 e. The summed E-state index contributed by atoms with van der Waals surface area (Å²) < 4.78 is 1.70. The van der Waals surface area contributed by atoms with Gasteiger partial charge in [-0.15, -0.1) is 5.10 Å². The molecule has 0 spiro atoms. The number of aromatic nitrogens is 5. The summed E-state index contributed by atoms with van der Waals surface area (Å²) in [6, 6.07) is 12.2. The molecule has 5 nitrogen and oxygen atoms in total. The molecule has 0 aliphatic carbocycles. The summed E-state index contributed by atoms with van der Waals surface area (Å²) in [6.07, 6.45) is 3.65. The van der Waals surface area contributed by atoms with E-state index < -0.39 is 0 Å². The van der Waals surface area contributed by atoms with Gasteiger partial charge in [0.1, 0.15) is 6.33 Å². The van der Waals surface area contributed by atoms with E-state index in [1.807, 2.05) is 37.4 Å². The predicted molar refractivity (Wildman–Crippen MR) is 89.5 cm³/mol. The molecule has 0 radical (unpaired) electrons. The van der Waals surface area contributed by atoms with Crippen molar-refractivity contribution in [3.05, 3.63) is 54.0 Å². The summed E-state index contributed by atoms with van der Waals surface area (Å²) in [5.74, 6) is 1.60. The van der Waals surface area contributed by atoms with E-state index in [-0.39, 0.29) is 0 Å². The van der Waals surface area contributed by atoms with E-state index in [4.69, 9.17) is 0 Å². The molecule has 0 saturated heterocycles. The minimum absolute atomic E-state index is 0.740. The van der Waals surface area contributed by atoms with E-state index in [0.29, 0.717) is 0 Å². The maximum absolute atomic E-state index is 4.48. The molecule has 0 aliphatic heterocycles. The summed E-state index contributed by atoms with van der Waals surface area (Å²) in [6.45, 7) is 1.95. The van der Waals surface area contributed by atoms with Gasteiger partial charge in [-0.2, -0.15) is 0 Å². The van der Waals surface area contributed by atoms with E-state index in [2.05, 4.69) is 32.2 Å². The molecule has 3 rings (SSSR count). The number of aryl methyl sites for hydroxylation is 1. The van der Waals surface area contributed by atoms with Gasteiger partial charge in [0.25, 0.3) is 0 Å². The molecule has 2 aromatic heterocycles. The second-order valence-electron chi connectivity index (χ2n) is 4.60. The maximum atomic E-state index is 4.48. The van der Waals surface area contributed by atoms with Crippen LogP contribution in [-0.4, -0.2) is 31.0 Å². The number of benzene rings is 1. The van der Waals surface area contributed by atoms with Crippen LogP contribution < -0.4 is 0 Å². The Morgan fingerprint density at radius 3 is 2.68 bits per heavy atom. The highest BCUT2D eigenvalue weighted by molar-refractivity contribution is 7.98. The molecule has 0 amide bonds. The molecule has 0 fully saturated rings. The van der Waals surface area contributed by atoms with Gasteiger partial charge in [-0.3, -0.25) is 0 Å². The van der Waals surface area contributed by atoms with Crippen LogP contribution in [0.5, 0.6) is 0 Å². The number of hydrogen-bond donors (Lipinski definition) is 0. The lowest BCUT2D eigenvalue weighted by atomic mass is 10.2. The van der Waals surface area contributed by atoms with Gasteiger partial charge in [-0.25, -0.2) is 19.6 Å². The first kappa shape index (κ1) is 15.1. The van der Waals surface area contributed by atoms with Gasteiger partial charge in [0.2, 0.25) is 5.16 Å². The Morgan fingerprint density at radius 1 is 1.09 bits per heavy atom. The van der Waals surface area contributed by atoms with Crippen molar-refractivity contribution in [1.29, 1.82) is 0 Å². The number of hydrogen-bond acceptors (Lipinski definition) is 6. The van der Waals surface area contributed by atoms with Gasteiger partial charge in [0, 0.05) is 17.5 Å². The van der Waals surface area contributed by atoms with Crippen molar-refractivity contribution in [1.82, 2.24) is 24.7 Å². The van der Waals surface area contributed by atoms with Gasteiger partial charge >= 0.3 is 0 Å². The molecule has 0 atom stereocenters. The highest BCUT2D eigenvalue weighted by Gasteiger charge is 2.07. The fourth-order valence-electron chi connectivity index (χ4n) is 1.88. The van der Waals surface area contributed by atoms with E-state index in [1.54, 1.807) is 22.8 Å². The zero-order chi connectivity index (χ0) is 15.4. The Hall–Kier alpha value is -1.86. The summed E-state index contributed by atoms with van der Waals surface area (Å²) in [4.78, 5) is 13.1. The van der Waals surface area contributed by atoms with Crippen molar-refractivity contribution in [3.8, 4) is 5.82 Å². The number of rotatable bonds is 5. The molecule has 0 unspecified atom stereocenters. The van der Waals surface area contributed by atoms with Crippen LogP contribution in [0, 0.1) is 6.92 Å². The highest BCUT2D eigenvalue weighted by atomic mass is 32.2. The third kappa shape index (κ3) is 3.66. The van der Waals surface area contributed by atoms with Gasteiger partial charge in [0.05, 0.1) is 0 Å². The van der Waals surface area contributed by atoms with Gasteiger partial charge in [-0.05, 0) is 18.7 Å². The predicted octanol–water partition coefficient (Wildman–Crippen LogP) is 3.38. The standard InChI is InChI=1S/C15H15N5S2/c1-11-8-13(18-15(17-11)21-2)20-10-16-14(19-20)22-9-12-6-4-3-5-7-12/h3-8,10H,9H2,1-2H3. The Kier molecular flexibility index (Phi) is 4.74. The molecule has 0 bridgehead atoms. The van der Waals surface area contributed by atoms with Gasteiger partial charge in [-0.1, -0.05) is 53.9 Å². The van der Waals surface area contributed by atoms with Crippen LogP contribution in [0.1, 0.15) is 11.3 Å². The second-order valence-corrected chi connectivity index (χ2v) is 6.32. The summed E-state index contributed by atoms with van der Waals surface area (Å²) in [5, 5.41) is 5.96. The topological polar surface area (TPSA) is 56.5 Å². The smallest absolute Gasteiger partial charge is 0.209 e. The molecule has 0 N–H and O–H groups in total. The lowest BCUT2D eigenvalue weighted by molar-refractivity contribution is 0.775. The normalized spacial score (nSPS) is 10.8. The summed E-state index contributed by atoms with van der Waals surface area (Å²) >= 11 is 3.13. The molecule has 112 valence electrons. The van der Waals surface area contributed by atoms with Crippen LogP contribution in [0.4, 0.5) is 0 Å². The zero-order valence-electron chi connectivity index (χ0n) is 12.3. The average molecular weight is 329 g/mol. The van der Waals surface area contributed by atoms with Gasteiger partial charge < -0.3 is 0 Å². The van der Waals surface area contributed by atoms with E-state index in [9.17, 15) is 0 Å². The number of thioether (sulfide) groups is 2.